The van der Waals surface area contributed by atoms with Gasteiger partial charge < -0.3 is 10.3 Å². The summed E-state index contributed by atoms with van der Waals surface area (Å²) in [6, 6.07) is 8.26. The lowest BCUT2D eigenvalue weighted by Gasteiger charge is -2.04. The van der Waals surface area contributed by atoms with Crippen molar-refractivity contribution < 1.29 is 4.79 Å². The molecule has 0 unspecified atom stereocenters. The van der Waals surface area contributed by atoms with Gasteiger partial charge in [0.2, 0.25) is 5.91 Å². The predicted octanol–water partition coefficient (Wildman–Crippen LogP) is 3.41. The minimum absolute atomic E-state index is 0.135. The van der Waals surface area contributed by atoms with E-state index in [0.29, 0.717) is 6.42 Å². The van der Waals surface area contributed by atoms with E-state index in [1.807, 2.05) is 18.3 Å². The van der Waals surface area contributed by atoms with E-state index in [0.717, 1.165) is 44.2 Å². The number of hydrogen-bond donors (Lipinski definition) is 2. The summed E-state index contributed by atoms with van der Waals surface area (Å²) in [6.45, 7) is 0.730. The fraction of sp³-hybridized carbons (Fsp3) is 0.389. The summed E-state index contributed by atoms with van der Waals surface area (Å²) in [6.07, 6.45) is 12.3. The second-order valence-corrected chi connectivity index (χ2v) is 5.22. The van der Waals surface area contributed by atoms with Gasteiger partial charge in [-0.3, -0.25) is 4.79 Å². The molecule has 0 bridgehead atoms. The Labute approximate surface area is 126 Å². The lowest BCUT2D eigenvalue weighted by Crippen LogP contribution is -2.24. The molecule has 0 atom stereocenters. The standard InChI is InChI=1S/C18H22N2O/c1-2-3-4-7-13-19-18(21)12-8-9-15-14-20-17-11-6-5-10-16(15)17/h1,5-6,10-11,14,20H,3-4,7-9,12-13H2,(H,19,21). The third kappa shape index (κ3) is 4.68. The number of para-hydroxylation sites is 1. The van der Waals surface area contributed by atoms with Gasteiger partial charge >= 0.3 is 0 Å². The molecule has 0 saturated carbocycles. The van der Waals surface area contributed by atoms with E-state index in [-0.39, 0.29) is 5.91 Å². The van der Waals surface area contributed by atoms with Gasteiger partial charge in [0.1, 0.15) is 0 Å². The lowest BCUT2D eigenvalue weighted by molar-refractivity contribution is -0.121. The highest BCUT2D eigenvalue weighted by molar-refractivity contribution is 5.83. The normalized spacial score (nSPS) is 10.4. The summed E-state index contributed by atoms with van der Waals surface area (Å²) in [5, 5.41) is 4.20. The second-order valence-electron chi connectivity index (χ2n) is 5.22. The smallest absolute Gasteiger partial charge is 0.220 e. The molecule has 110 valence electrons. The van der Waals surface area contributed by atoms with Gasteiger partial charge in [0, 0.05) is 36.5 Å². The van der Waals surface area contributed by atoms with Gasteiger partial charge in [-0.1, -0.05) is 18.2 Å². The molecule has 1 amide bonds. The van der Waals surface area contributed by atoms with Crippen molar-refractivity contribution in [2.75, 3.05) is 6.54 Å². The van der Waals surface area contributed by atoms with Gasteiger partial charge in [0.15, 0.2) is 0 Å². The van der Waals surface area contributed by atoms with E-state index >= 15 is 0 Å². The first-order valence-corrected chi connectivity index (χ1v) is 7.56. The first-order valence-electron chi connectivity index (χ1n) is 7.56. The molecule has 0 radical (unpaired) electrons. The van der Waals surface area contributed by atoms with E-state index in [2.05, 4.69) is 28.4 Å². The number of H-pyrrole nitrogens is 1. The molecule has 1 aromatic carbocycles. The van der Waals surface area contributed by atoms with Crippen molar-refractivity contribution in [3.63, 3.8) is 0 Å². The van der Waals surface area contributed by atoms with Gasteiger partial charge in [-0.15, -0.1) is 12.3 Å². The highest BCUT2D eigenvalue weighted by Gasteiger charge is 2.05. The number of unbranched alkanes of at least 4 members (excludes halogenated alkanes) is 2. The zero-order chi connectivity index (χ0) is 14.9. The molecule has 3 heteroatoms. The number of hydrogen-bond acceptors (Lipinski definition) is 1. The molecule has 3 nitrogen and oxygen atoms in total. The third-order valence-corrected chi connectivity index (χ3v) is 3.59. The Bertz CT molecular complexity index is 621. The maximum Gasteiger partial charge on any atom is 0.220 e. The first kappa shape index (κ1) is 15.2. The number of aromatic nitrogens is 1. The summed E-state index contributed by atoms with van der Waals surface area (Å²) >= 11 is 0. The number of nitrogens with one attached hydrogen (secondary N) is 2. The molecule has 2 aromatic rings. The summed E-state index contributed by atoms with van der Waals surface area (Å²) in [4.78, 5) is 15.0. The molecular formula is C18H22N2O. The number of amides is 1. The van der Waals surface area contributed by atoms with Gasteiger partial charge in [0.25, 0.3) is 0 Å². The molecule has 21 heavy (non-hydrogen) atoms. The van der Waals surface area contributed by atoms with Crippen molar-refractivity contribution in [2.45, 2.75) is 38.5 Å². The first-order chi connectivity index (χ1) is 10.3. The van der Waals surface area contributed by atoms with Crippen LogP contribution >= 0.6 is 0 Å². The minimum Gasteiger partial charge on any atom is -0.361 e. The molecular weight excluding hydrogens is 260 g/mol. The molecule has 2 N–H and O–H groups in total. The Balaban J connectivity index is 1.67. The van der Waals surface area contributed by atoms with Crippen LogP contribution in [0.25, 0.3) is 10.9 Å². The quantitative estimate of drug-likeness (QED) is 0.565. The van der Waals surface area contributed by atoms with Gasteiger partial charge in [-0.05, 0) is 37.3 Å². The Morgan fingerprint density at radius 1 is 1.24 bits per heavy atom. The Kier molecular flexibility index (Phi) is 5.90. The van der Waals surface area contributed by atoms with Crippen LogP contribution < -0.4 is 5.32 Å². The fourth-order valence-corrected chi connectivity index (χ4v) is 2.45. The van der Waals surface area contributed by atoms with E-state index in [1.165, 1.54) is 10.9 Å². The number of terminal acetylenes is 1. The largest absolute Gasteiger partial charge is 0.361 e. The van der Waals surface area contributed by atoms with Crippen LogP contribution in [-0.2, 0) is 11.2 Å². The van der Waals surface area contributed by atoms with Crippen molar-refractivity contribution in [3.8, 4) is 12.3 Å². The van der Waals surface area contributed by atoms with Gasteiger partial charge in [-0.25, -0.2) is 0 Å². The average molecular weight is 282 g/mol. The van der Waals surface area contributed by atoms with Crippen molar-refractivity contribution in [1.29, 1.82) is 0 Å². The number of carbonyl (C=O) groups excluding carboxylic acids is 1. The SMILES string of the molecule is C#CCCCCNC(=O)CCCc1c[nH]c2ccccc12. The second kappa shape index (κ2) is 8.16. The van der Waals surface area contributed by atoms with Gasteiger partial charge in [0.05, 0.1) is 0 Å². The van der Waals surface area contributed by atoms with Gasteiger partial charge in [-0.2, -0.15) is 0 Å². The van der Waals surface area contributed by atoms with Crippen LogP contribution in [-0.4, -0.2) is 17.4 Å². The zero-order valence-corrected chi connectivity index (χ0v) is 12.3. The third-order valence-electron chi connectivity index (χ3n) is 3.59. The highest BCUT2D eigenvalue weighted by Crippen LogP contribution is 2.19. The average Bonchev–Trinajstić information content (AvgIpc) is 2.91. The monoisotopic (exact) mass is 282 g/mol. The molecule has 0 aliphatic carbocycles. The zero-order valence-electron chi connectivity index (χ0n) is 12.3. The van der Waals surface area contributed by atoms with Crippen LogP contribution in [0, 0.1) is 12.3 Å². The molecule has 0 spiro atoms. The summed E-state index contributed by atoms with van der Waals surface area (Å²) in [5.41, 5.74) is 2.44. The maximum absolute atomic E-state index is 11.7. The Morgan fingerprint density at radius 2 is 2.10 bits per heavy atom. The molecule has 0 fully saturated rings. The molecule has 1 aromatic heterocycles. The Hall–Kier alpha value is -2.21. The van der Waals surface area contributed by atoms with E-state index in [1.54, 1.807) is 0 Å². The minimum atomic E-state index is 0.135. The number of aromatic amines is 1. The van der Waals surface area contributed by atoms with Crippen LogP contribution in [0.5, 0.6) is 0 Å². The molecule has 0 aliphatic heterocycles. The van der Waals surface area contributed by atoms with E-state index < -0.39 is 0 Å². The summed E-state index contributed by atoms with van der Waals surface area (Å²) in [7, 11) is 0. The fourth-order valence-electron chi connectivity index (χ4n) is 2.45. The molecule has 0 aliphatic rings. The Morgan fingerprint density at radius 3 is 2.95 bits per heavy atom. The van der Waals surface area contributed by atoms with Crippen LogP contribution in [0.1, 0.15) is 37.7 Å². The maximum atomic E-state index is 11.7. The van der Waals surface area contributed by atoms with E-state index in [4.69, 9.17) is 6.42 Å². The predicted molar refractivity (Wildman–Crippen MR) is 86.9 cm³/mol. The van der Waals surface area contributed by atoms with Crippen LogP contribution in [0.3, 0.4) is 0 Å². The topological polar surface area (TPSA) is 44.9 Å². The number of aryl methyl sites for hydroxylation is 1. The molecule has 1 heterocycles. The number of carbonyl (C=O) groups is 1. The van der Waals surface area contributed by atoms with Crippen molar-refractivity contribution >= 4 is 16.8 Å². The van der Waals surface area contributed by atoms with Crippen molar-refractivity contribution in [3.05, 3.63) is 36.0 Å². The number of benzene rings is 1. The number of fused-ring (bicyclic) bond motifs is 1. The van der Waals surface area contributed by atoms with Crippen molar-refractivity contribution in [2.24, 2.45) is 0 Å². The molecule has 0 saturated heterocycles. The van der Waals surface area contributed by atoms with Crippen molar-refractivity contribution in [1.82, 2.24) is 10.3 Å². The van der Waals surface area contributed by atoms with E-state index in [9.17, 15) is 4.79 Å². The summed E-state index contributed by atoms with van der Waals surface area (Å²) < 4.78 is 0. The van der Waals surface area contributed by atoms with Crippen LogP contribution in [0.15, 0.2) is 30.5 Å². The van der Waals surface area contributed by atoms with Crippen LogP contribution in [0.2, 0.25) is 0 Å². The highest BCUT2D eigenvalue weighted by atomic mass is 16.1. The summed E-state index contributed by atoms with van der Waals surface area (Å²) in [5.74, 6) is 2.74. The number of rotatable bonds is 8. The molecule has 2 rings (SSSR count). The van der Waals surface area contributed by atoms with Crippen LogP contribution in [0.4, 0.5) is 0 Å². The lowest BCUT2D eigenvalue weighted by atomic mass is 10.1.